The van der Waals surface area contributed by atoms with Crippen LogP contribution >= 0.6 is 0 Å². The Morgan fingerprint density at radius 1 is 1.55 bits per heavy atom. The number of rotatable bonds is 1. The second kappa shape index (κ2) is 2.89. The van der Waals surface area contributed by atoms with Crippen molar-refractivity contribution < 1.29 is 9.90 Å². The lowest BCUT2D eigenvalue weighted by Gasteiger charge is -2.15. The molecule has 0 aromatic heterocycles. The van der Waals surface area contributed by atoms with Crippen LogP contribution in [0.2, 0.25) is 11.6 Å². The van der Waals surface area contributed by atoms with Gasteiger partial charge in [-0.15, -0.1) is 0 Å². The molecule has 4 unspecified atom stereocenters. The van der Waals surface area contributed by atoms with Gasteiger partial charge in [-0.05, 0) is 18.3 Å². The Morgan fingerprint density at radius 3 is 2.27 bits per heavy atom. The zero-order valence-corrected chi connectivity index (χ0v) is 6.95. The van der Waals surface area contributed by atoms with Crippen LogP contribution in [0.1, 0.15) is 6.42 Å². The van der Waals surface area contributed by atoms with E-state index in [0.717, 1.165) is 6.42 Å². The highest BCUT2D eigenvalue weighted by molar-refractivity contribution is 6.19. The van der Waals surface area contributed by atoms with Crippen molar-refractivity contribution in [2.75, 3.05) is 0 Å². The maximum atomic E-state index is 10.7. The smallest absolute Gasteiger partial charge is 0.305 e. The van der Waals surface area contributed by atoms with Crippen LogP contribution in [0, 0.1) is 5.92 Å². The Morgan fingerprint density at radius 2 is 2.09 bits per heavy atom. The first-order valence-electron chi connectivity index (χ1n) is 4.02. The summed E-state index contributed by atoms with van der Waals surface area (Å²) < 4.78 is 0. The van der Waals surface area contributed by atoms with Gasteiger partial charge < -0.3 is 10.8 Å². The van der Waals surface area contributed by atoms with Gasteiger partial charge in [-0.2, -0.15) is 0 Å². The fourth-order valence-electron chi connectivity index (χ4n) is 2.04. The van der Waals surface area contributed by atoms with Crippen molar-refractivity contribution in [2.24, 2.45) is 11.7 Å². The minimum absolute atomic E-state index is 0.0751. The molecule has 1 aliphatic carbocycles. The fraction of sp³-hybridized carbons (Fsp3) is 0.833. The number of nitrogens with two attached hydrogens (primary N) is 1. The van der Waals surface area contributed by atoms with E-state index in [4.69, 9.17) is 10.8 Å². The van der Waals surface area contributed by atoms with Crippen LogP contribution in [0.25, 0.3) is 0 Å². The van der Waals surface area contributed by atoms with Crippen molar-refractivity contribution in [2.45, 2.75) is 24.1 Å². The van der Waals surface area contributed by atoms with Gasteiger partial charge in [0.2, 0.25) is 0 Å². The number of carboxylic acid groups (broad SMARTS) is 1. The minimum Gasteiger partial charge on any atom is -0.481 e. The van der Waals surface area contributed by atoms with Gasteiger partial charge in [0.1, 0.15) is 15.7 Å². The fourth-order valence-corrected chi connectivity index (χ4v) is 2.04. The lowest BCUT2D eigenvalue weighted by atomic mass is 9.70. The third-order valence-electron chi connectivity index (χ3n) is 2.78. The average Bonchev–Trinajstić information content (AvgIpc) is 2.07. The molecule has 1 aliphatic rings. The molecule has 5 heteroatoms. The molecule has 0 heterocycles. The summed E-state index contributed by atoms with van der Waals surface area (Å²) in [5.74, 6) is -0.567. The normalized spacial score (nSPS) is 44.1. The Bertz CT molecular complexity index is 176. The van der Waals surface area contributed by atoms with Gasteiger partial charge in [0, 0.05) is 5.92 Å². The largest absolute Gasteiger partial charge is 0.481 e. The molecule has 1 fully saturated rings. The molecular formula is C6H13B2NO2. The van der Waals surface area contributed by atoms with Crippen molar-refractivity contribution in [3.63, 3.8) is 0 Å². The number of aliphatic carboxylic acids is 1. The van der Waals surface area contributed by atoms with Gasteiger partial charge >= 0.3 is 5.97 Å². The van der Waals surface area contributed by atoms with Crippen LogP contribution in [0.15, 0.2) is 0 Å². The first kappa shape index (κ1) is 8.65. The molecule has 0 aromatic carbocycles. The molecule has 3 nitrogen and oxygen atoms in total. The third kappa shape index (κ3) is 1.43. The predicted molar refractivity (Wildman–Crippen MR) is 48.3 cm³/mol. The standard InChI is InChI=1S/C6H13B2NO2/c7-2-1-3(9)5(8)4(2)6(10)11/h2-5H,1,7-9H2,(H,10,11). The highest BCUT2D eigenvalue weighted by Crippen LogP contribution is 2.40. The van der Waals surface area contributed by atoms with Gasteiger partial charge in [-0.1, -0.05) is 5.82 Å². The summed E-state index contributed by atoms with van der Waals surface area (Å²) in [5.41, 5.74) is 5.73. The molecule has 3 N–H and O–H groups in total. The third-order valence-corrected chi connectivity index (χ3v) is 2.78. The van der Waals surface area contributed by atoms with E-state index in [-0.39, 0.29) is 23.6 Å². The van der Waals surface area contributed by atoms with Crippen molar-refractivity contribution >= 4 is 21.7 Å². The second-order valence-corrected chi connectivity index (χ2v) is 3.60. The van der Waals surface area contributed by atoms with Gasteiger partial charge in [0.05, 0.1) is 0 Å². The van der Waals surface area contributed by atoms with E-state index in [9.17, 15) is 4.79 Å². The summed E-state index contributed by atoms with van der Waals surface area (Å²) in [6.45, 7) is 0. The van der Waals surface area contributed by atoms with E-state index >= 15 is 0 Å². The predicted octanol–water partition coefficient (Wildman–Crippen LogP) is -1.74. The van der Waals surface area contributed by atoms with Crippen LogP contribution in [0.3, 0.4) is 0 Å². The number of carbonyl (C=O) groups is 1. The maximum Gasteiger partial charge on any atom is 0.305 e. The number of carboxylic acids is 1. The number of hydrogen-bond acceptors (Lipinski definition) is 2. The topological polar surface area (TPSA) is 63.3 Å². The summed E-state index contributed by atoms with van der Waals surface area (Å²) in [7, 11) is 3.88. The first-order valence-corrected chi connectivity index (χ1v) is 4.02. The monoisotopic (exact) mass is 153 g/mol. The molecule has 0 bridgehead atoms. The summed E-state index contributed by atoms with van der Waals surface area (Å²) in [6, 6.07) is 0.0751. The zero-order chi connectivity index (χ0) is 8.59. The van der Waals surface area contributed by atoms with E-state index < -0.39 is 5.97 Å². The van der Waals surface area contributed by atoms with Crippen molar-refractivity contribution in [1.82, 2.24) is 0 Å². The van der Waals surface area contributed by atoms with E-state index in [0.29, 0.717) is 0 Å². The molecule has 1 saturated carbocycles. The van der Waals surface area contributed by atoms with E-state index in [1.54, 1.807) is 0 Å². The molecule has 0 amide bonds. The van der Waals surface area contributed by atoms with Crippen LogP contribution in [-0.4, -0.2) is 32.8 Å². The van der Waals surface area contributed by atoms with E-state index in [2.05, 4.69) is 0 Å². The Kier molecular flexibility index (Phi) is 2.28. The van der Waals surface area contributed by atoms with Crippen molar-refractivity contribution in [1.29, 1.82) is 0 Å². The Hall–Kier alpha value is -0.440. The van der Waals surface area contributed by atoms with E-state index in [1.807, 2.05) is 15.7 Å². The van der Waals surface area contributed by atoms with E-state index in [1.165, 1.54) is 0 Å². The van der Waals surface area contributed by atoms with Crippen molar-refractivity contribution in [3.8, 4) is 0 Å². The van der Waals surface area contributed by atoms with Crippen LogP contribution in [0.4, 0.5) is 0 Å². The molecular weight excluding hydrogens is 140 g/mol. The highest BCUT2D eigenvalue weighted by atomic mass is 16.4. The van der Waals surface area contributed by atoms with Gasteiger partial charge in [0.25, 0.3) is 0 Å². The molecule has 0 spiro atoms. The molecule has 4 atom stereocenters. The molecule has 0 saturated heterocycles. The lowest BCUT2D eigenvalue weighted by Crippen LogP contribution is -2.26. The van der Waals surface area contributed by atoms with Gasteiger partial charge in [-0.3, -0.25) is 4.79 Å². The molecule has 1 rings (SSSR count). The molecule has 0 radical (unpaired) electrons. The van der Waals surface area contributed by atoms with Gasteiger partial charge in [0.15, 0.2) is 0 Å². The van der Waals surface area contributed by atoms with Crippen LogP contribution < -0.4 is 5.73 Å². The summed E-state index contributed by atoms with van der Waals surface area (Å²) >= 11 is 0. The highest BCUT2D eigenvalue weighted by Gasteiger charge is 2.40. The first-order chi connectivity index (χ1) is 5.04. The molecule has 60 valence electrons. The van der Waals surface area contributed by atoms with Crippen LogP contribution in [0.5, 0.6) is 0 Å². The quantitative estimate of drug-likeness (QED) is 0.439. The lowest BCUT2D eigenvalue weighted by molar-refractivity contribution is -0.141. The Labute approximate surface area is 68.2 Å². The second-order valence-electron chi connectivity index (χ2n) is 3.60. The molecule has 0 aliphatic heterocycles. The summed E-state index contributed by atoms with van der Waals surface area (Å²) in [4.78, 5) is 10.7. The Balaban J connectivity index is 2.71. The van der Waals surface area contributed by atoms with Crippen molar-refractivity contribution in [3.05, 3.63) is 0 Å². The average molecular weight is 153 g/mol. The van der Waals surface area contributed by atoms with Crippen LogP contribution in [-0.2, 0) is 4.79 Å². The van der Waals surface area contributed by atoms with Gasteiger partial charge in [-0.25, -0.2) is 0 Å². The maximum absolute atomic E-state index is 10.7. The molecule has 0 aromatic rings. The number of hydrogen-bond donors (Lipinski definition) is 2. The molecule has 11 heavy (non-hydrogen) atoms. The summed E-state index contributed by atoms with van der Waals surface area (Å²) in [5, 5.41) is 8.82. The zero-order valence-electron chi connectivity index (χ0n) is 6.95. The summed E-state index contributed by atoms with van der Waals surface area (Å²) in [6.07, 6.45) is 0.845. The minimum atomic E-state index is -0.696. The SMILES string of the molecule is BC1CC(N)C(B)C1C(=O)O.